The first kappa shape index (κ1) is 12.9. The molecule has 0 aromatic carbocycles. The van der Waals surface area contributed by atoms with Crippen molar-refractivity contribution in [3.63, 3.8) is 0 Å². The molecule has 0 aliphatic carbocycles. The van der Waals surface area contributed by atoms with Crippen LogP contribution in [0, 0.1) is 11.8 Å². The Hall–Kier alpha value is -1.10. The second kappa shape index (κ2) is 5.59. The normalized spacial score (nSPS) is 14.9. The molecular formula is C9H17NO4. The Balaban J connectivity index is 4.22. The predicted molar refractivity (Wildman–Crippen MR) is 50.7 cm³/mol. The molecule has 0 rings (SSSR count). The van der Waals surface area contributed by atoms with Crippen LogP contribution in [0.1, 0.15) is 20.8 Å². The van der Waals surface area contributed by atoms with Gasteiger partial charge in [0.15, 0.2) is 0 Å². The van der Waals surface area contributed by atoms with E-state index in [0.717, 1.165) is 0 Å². The van der Waals surface area contributed by atoms with Crippen molar-refractivity contribution in [1.82, 2.24) is 5.32 Å². The average Bonchev–Trinajstić information content (AvgIpc) is 2.11. The van der Waals surface area contributed by atoms with Crippen LogP contribution in [0.15, 0.2) is 0 Å². The number of hydrogen-bond donors (Lipinski definition) is 3. The number of hydrogen-bond acceptors (Lipinski definition) is 3. The van der Waals surface area contributed by atoms with Gasteiger partial charge in [-0.15, -0.1) is 0 Å². The minimum absolute atomic E-state index is 0.0740. The third-order valence-electron chi connectivity index (χ3n) is 2.09. The lowest BCUT2D eigenvalue weighted by atomic mass is 10.0. The van der Waals surface area contributed by atoms with Crippen LogP contribution in [-0.4, -0.2) is 34.7 Å². The van der Waals surface area contributed by atoms with Gasteiger partial charge < -0.3 is 15.5 Å². The molecule has 0 fully saturated rings. The standard InChI is InChI=1S/C9H17NO4/c1-5(2)7(4-11)10-8(12)6(3)9(13)14/h5-7,11H,4H2,1-3H3,(H,10,12)(H,13,14). The number of carboxylic acid groups (broad SMARTS) is 1. The van der Waals surface area contributed by atoms with Crippen LogP contribution in [0.4, 0.5) is 0 Å². The van der Waals surface area contributed by atoms with Crippen molar-refractivity contribution in [3.8, 4) is 0 Å². The van der Waals surface area contributed by atoms with Crippen LogP contribution in [0.2, 0.25) is 0 Å². The summed E-state index contributed by atoms with van der Waals surface area (Å²) in [6, 6.07) is -0.385. The number of aliphatic hydroxyl groups excluding tert-OH is 1. The van der Waals surface area contributed by atoms with Gasteiger partial charge in [0.2, 0.25) is 5.91 Å². The first-order chi connectivity index (χ1) is 6.40. The molecule has 0 radical (unpaired) electrons. The average molecular weight is 203 g/mol. The summed E-state index contributed by atoms with van der Waals surface area (Å²) in [5.41, 5.74) is 0. The van der Waals surface area contributed by atoms with E-state index in [2.05, 4.69) is 5.32 Å². The molecule has 3 N–H and O–H groups in total. The van der Waals surface area contributed by atoms with Gasteiger partial charge in [-0.05, 0) is 12.8 Å². The molecule has 0 aromatic heterocycles. The van der Waals surface area contributed by atoms with Crippen LogP contribution in [0.5, 0.6) is 0 Å². The highest BCUT2D eigenvalue weighted by molar-refractivity contribution is 5.96. The van der Waals surface area contributed by atoms with E-state index in [1.54, 1.807) is 0 Å². The molecule has 5 nitrogen and oxygen atoms in total. The molecule has 82 valence electrons. The molecule has 0 aromatic rings. The Bertz CT molecular complexity index is 215. The number of rotatable bonds is 5. The predicted octanol–water partition coefficient (Wildman–Crippen LogP) is -0.160. The molecular weight excluding hydrogens is 186 g/mol. The van der Waals surface area contributed by atoms with Crippen molar-refractivity contribution < 1.29 is 19.8 Å². The van der Waals surface area contributed by atoms with Crippen molar-refractivity contribution >= 4 is 11.9 Å². The lowest BCUT2D eigenvalue weighted by molar-refractivity contribution is -0.146. The Morgan fingerprint density at radius 1 is 1.29 bits per heavy atom. The highest BCUT2D eigenvalue weighted by Gasteiger charge is 2.23. The van der Waals surface area contributed by atoms with E-state index in [9.17, 15) is 9.59 Å². The van der Waals surface area contributed by atoms with Crippen molar-refractivity contribution in [1.29, 1.82) is 0 Å². The maximum Gasteiger partial charge on any atom is 0.315 e. The van der Waals surface area contributed by atoms with Gasteiger partial charge in [-0.2, -0.15) is 0 Å². The van der Waals surface area contributed by atoms with E-state index in [1.165, 1.54) is 6.92 Å². The van der Waals surface area contributed by atoms with Crippen molar-refractivity contribution in [2.24, 2.45) is 11.8 Å². The molecule has 0 heterocycles. The van der Waals surface area contributed by atoms with Crippen LogP contribution in [-0.2, 0) is 9.59 Å². The lowest BCUT2D eigenvalue weighted by Crippen LogP contribution is -2.45. The van der Waals surface area contributed by atoms with Gasteiger partial charge in [0, 0.05) is 0 Å². The van der Waals surface area contributed by atoms with Gasteiger partial charge in [-0.1, -0.05) is 13.8 Å². The highest BCUT2D eigenvalue weighted by atomic mass is 16.4. The third kappa shape index (κ3) is 3.74. The SMILES string of the molecule is CC(C(=O)O)C(=O)NC(CO)C(C)C. The fourth-order valence-corrected chi connectivity index (χ4v) is 0.843. The fourth-order valence-electron chi connectivity index (χ4n) is 0.843. The lowest BCUT2D eigenvalue weighted by Gasteiger charge is -2.20. The summed E-state index contributed by atoms with van der Waals surface area (Å²) in [6.07, 6.45) is 0. The van der Waals surface area contributed by atoms with E-state index >= 15 is 0 Å². The zero-order valence-corrected chi connectivity index (χ0v) is 8.65. The molecule has 0 bridgehead atoms. The number of nitrogens with one attached hydrogen (secondary N) is 1. The summed E-state index contributed by atoms with van der Waals surface area (Å²) in [5, 5.41) is 19.9. The van der Waals surface area contributed by atoms with E-state index in [4.69, 9.17) is 10.2 Å². The van der Waals surface area contributed by atoms with Crippen LogP contribution >= 0.6 is 0 Å². The first-order valence-corrected chi connectivity index (χ1v) is 4.54. The van der Waals surface area contributed by atoms with Crippen molar-refractivity contribution in [3.05, 3.63) is 0 Å². The quantitative estimate of drug-likeness (QED) is 0.542. The monoisotopic (exact) mass is 203 g/mol. The molecule has 2 unspecified atom stereocenters. The second-order valence-corrected chi connectivity index (χ2v) is 3.60. The number of carbonyl (C=O) groups excluding carboxylic acids is 1. The molecule has 0 saturated heterocycles. The van der Waals surface area contributed by atoms with Gasteiger partial charge in [0.1, 0.15) is 5.92 Å². The summed E-state index contributed by atoms with van der Waals surface area (Å²) in [4.78, 5) is 21.7. The molecule has 14 heavy (non-hydrogen) atoms. The van der Waals surface area contributed by atoms with E-state index in [1.807, 2.05) is 13.8 Å². The van der Waals surface area contributed by atoms with Gasteiger partial charge in [0.25, 0.3) is 0 Å². The van der Waals surface area contributed by atoms with E-state index in [0.29, 0.717) is 0 Å². The summed E-state index contributed by atoms with van der Waals surface area (Å²) in [5.74, 6) is -2.74. The minimum atomic E-state index is -1.16. The summed E-state index contributed by atoms with van der Waals surface area (Å²) in [6.45, 7) is 4.81. The number of carbonyl (C=O) groups is 2. The molecule has 0 spiro atoms. The molecule has 2 atom stereocenters. The Labute approximate surface area is 83.1 Å². The maximum absolute atomic E-state index is 11.3. The first-order valence-electron chi connectivity index (χ1n) is 4.54. The zero-order chi connectivity index (χ0) is 11.3. The van der Waals surface area contributed by atoms with Gasteiger partial charge in [0.05, 0.1) is 12.6 Å². The molecule has 5 heteroatoms. The van der Waals surface area contributed by atoms with Crippen LogP contribution < -0.4 is 5.32 Å². The fraction of sp³-hybridized carbons (Fsp3) is 0.778. The second-order valence-electron chi connectivity index (χ2n) is 3.60. The number of amides is 1. The summed E-state index contributed by atoms with van der Waals surface area (Å²) >= 11 is 0. The highest BCUT2D eigenvalue weighted by Crippen LogP contribution is 2.03. The molecule has 1 amide bonds. The van der Waals surface area contributed by atoms with Gasteiger partial charge >= 0.3 is 5.97 Å². The Morgan fingerprint density at radius 2 is 1.79 bits per heavy atom. The zero-order valence-electron chi connectivity index (χ0n) is 8.65. The summed E-state index contributed by atoms with van der Waals surface area (Å²) < 4.78 is 0. The maximum atomic E-state index is 11.3. The summed E-state index contributed by atoms with van der Waals surface area (Å²) in [7, 11) is 0. The Morgan fingerprint density at radius 3 is 2.07 bits per heavy atom. The van der Waals surface area contributed by atoms with E-state index in [-0.39, 0.29) is 18.6 Å². The smallest absolute Gasteiger partial charge is 0.315 e. The number of aliphatic carboxylic acids is 1. The topological polar surface area (TPSA) is 86.6 Å². The van der Waals surface area contributed by atoms with Crippen molar-refractivity contribution in [2.75, 3.05) is 6.61 Å². The van der Waals surface area contributed by atoms with E-state index < -0.39 is 17.8 Å². The molecule has 0 aliphatic rings. The van der Waals surface area contributed by atoms with Crippen molar-refractivity contribution in [2.45, 2.75) is 26.8 Å². The van der Waals surface area contributed by atoms with Crippen LogP contribution in [0.3, 0.4) is 0 Å². The van der Waals surface area contributed by atoms with Gasteiger partial charge in [-0.25, -0.2) is 0 Å². The number of carboxylic acids is 1. The van der Waals surface area contributed by atoms with Crippen LogP contribution in [0.25, 0.3) is 0 Å². The van der Waals surface area contributed by atoms with Gasteiger partial charge in [-0.3, -0.25) is 9.59 Å². The third-order valence-corrected chi connectivity index (χ3v) is 2.09. The minimum Gasteiger partial charge on any atom is -0.481 e. The molecule has 0 aliphatic heterocycles. The number of aliphatic hydroxyl groups is 1. The Kier molecular flexibility index (Phi) is 5.15. The molecule has 0 saturated carbocycles. The largest absolute Gasteiger partial charge is 0.481 e.